The SMILES string of the molecule is CC(C)C[C@](C)(N)COc1ccc(-c2ccnc3ccnn23)c2scnc12. The first kappa shape index (κ1) is 17.9. The van der Waals surface area contributed by atoms with Gasteiger partial charge in [0, 0.05) is 23.4 Å². The van der Waals surface area contributed by atoms with Crippen LogP contribution < -0.4 is 10.5 Å². The highest BCUT2D eigenvalue weighted by molar-refractivity contribution is 7.17. The van der Waals surface area contributed by atoms with Gasteiger partial charge in [-0.1, -0.05) is 13.8 Å². The number of nitrogens with zero attached hydrogens (tertiary/aromatic N) is 4. The number of hydrogen-bond donors (Lipinski definition) is 1. The van der Waals surface area contributed by atoms with Crippen LogP contribution in [-0.2, 0) is 0 Å². The van der Waals surface area contributed by atoms with Crippen molar-refractivity contribution in [1.82, 2.24) is 19.6 Å². The minimum atomic E-state index is -0.374. The highest BCUT2D eigenvalue weighted by atomic mass is 32.1. The molecule has 6 nitrogen and oxygen atoms in total. The van der Waals surface area contributed by atoms with Gasteiger partial charge in [0.2, 0.25) is 0 Å². The van der Waals surface area contributed by atoms with Crippen LogP contribution in [0, 0.1) is 5.92 Å². The quantitative estimate of drug-likeness (QED) is 0.543. The standard InChI is InChI=1S/C20H23N5OS/c1-13(2)10-20(3,21)11-26-16-5-4-14(19-18(16)23-12-27-19)15-6-8-22-17-7-9-24-25(15)17/h4-9,12-13H,10-11,21H2,1-3H3/t20-/m0/s1. The lowest BCUT2D eigenvalue weighted by Crippen LogP contribution is -2.43. The largest absolute Gasteiger partial charge is 0.489 e. The average molecular weight is 382 g/mol. The van der Waals surface area contributed by atoms with E-state index in [9.17, 15) is 0 Å². The van der Waals surface area contributed by atoms with Crippen LogP contribution in [0.4, 0.5) is 0 Å². The number of hydrogen-bond acceptors (Lipinski definition) is 6. The van der Waals surface area contributed by atoms with Crippen molar-refractivity contribution in [3.63, 3.8) is 0 Å². The number of rotatable bonds is 6. The van der Waals surface area contributed by atoms with Gasteiger partial charge in [0.1, 0.15) is 17.9 Å². The van der Waals surface area contributed by atoms with E-state index in [0.29, 0.717) is 12.5 Å². The molecule has 4 rings (SSSR count). The zero-order valence-corrected chi connectivity index (χ0v) is 16.5. The zero-order valence-electron chi connectivity index (χ0n) is 15.7. The summed E-state index contributed by atoms with van der Waals surface area (Å²) in [5.74, 6) is 1.29. The molecule has 0 saturated carbocycles. The molecule has 0 radical (unpaired) electrons. The molecule has 0 spiro atoms. The maximum atomic E-state index is 6.39. The van der Waals surface area contributed by atoms with Crippen molar-refractivity contribution in [3.8, 4) is 17.0 Å². The van der Waals surface area contributed by atoms with E-state index < -0.39 is 0 Å². The van der Waals surface area contributed by atoms with Gasteiger partial charge in [0.25, 0.3) is 0 Å². The Morgan fingerprint density at radius 2 is 2.04 bits per heavy atom. The molecule has 0 saturated heterocycles. The van der Waals surface area contributed by atoms with Gasteiger partial charge in [-0.3, -0.25) is 0 Å². The zero-order chi connectivity index (χ0) is 19.0. The molecule has 4 aromatic rings. The Morgan fingerprint density at radius 3 is 2.85 bits per heavy atom. The number of benzene rings is 1. The van der Waals surface area contributed by atoms with Gasteiger partial charge in [-0.25, -0.2) is 14.5 Å². The maximum absolute atomic E-state index is 6.39. The number of aromatic nitrogens is 4. The number of thiazole rings is 1. The Labute approximate surface area is 162 Å². The lowest BCUT2D eigenvalue weighted by atomic mass is 9.93. The number of nitrogens with two attached hydrogens (primary N) is 1. The van der Waals surface area contributed by atoms with Crippen molar-refractivity contribution in [3.05, 3.63) is 42.2 Å². The smallest absolute Gasteiger partial charge is 0.155 e. The molecule has 0 unspecified atom stereocenters. The normalized spacial score (nSPS) is 14.1. The summed E-state index contributed by atoms with van der Waals surface area (Å²) >= 11 is 1.59. The molecule has 2 N–H and O–H groups in total. The van der Waals surface area contributed by atoms with Crippen molar-refractivity contribution < 1.29 is 4.74 Å². The molecule has 0 aliphatic carbocycles. The van der Waals surface area contributed by atoms with Crippen LogP contribution in [0.2, 0.25) is 0 Å². The van der Waals surface area contributed by atoms with Crippen LogP contribution in [0.1, 0.15) is 27.2 Å². The molecule has 1 atom stereocenters. The average Bonchev–Trinajstić information content (AvgIpc) is 3.27. The summed E-state index contributed by atoms with van der Waals surface area (Å²) in [6.07, 6.45) is 4.46. The molecule has 7 heteroatoms. The van der Waals surface area contributed by atoms with Crippen molar-refractivity contribution in [2.24, 2.45) is 11.7 Å². The van der Waals surface area contributed by atoms with Crippen molar-refractivity contribution in [2.75, 3.05) is 6.61 Å². The van der Waals surface area contributed by atoms with Gasteiger partial charge in [-0.2, -0.15) is 5.10 Å². The second-order valence-electron chi connectivity index (χ2n) is 7.61. The Bertz CT molecular complexity index is 1080. The molecular weight excluding hydrogens is 358 g/mol. The lowest BCUT2D eigenvalue weighted by Gasteiger charge is -2.26. The monoisotopic (exact) mass is 381 g/mol. The molecule has 1 aromatic carbocycles. The molecule has 0 amide bonds. The molecule has 0 fully saturated rings. The fraction of sp³-hybridized carbons (Fsp3) is 0.350. The van der Waals surface area contributed by atoms with E-state index in [1.54, 1.807) is 23.7 Å². The van der Waals surface area contributed by atoms with Gasteiger partial charge >= 0.3 is 0 Å². The van der Waals surface area contributed by atoms with E-state index in [1.807, 2.05) is 35.1 Å². The first-order valence-corrected chi connectivity index (χ1v) is 9.89. The Kier molecular flexibility index (Phi) is 4.57. The Hall–Kier alpha value is -2.51. The van der Waals surface area contributed by atoms with Crippen molar-refractivity contribution in [1.29, 1.82) is 0 Å². The van der Waals surface area contributed by atoms with Crippen LogP contribution in [0.3, 0.4) is 0 Å². The summed E-state index contributed by atoms with van der Waals surface area (Å²) in [5.41, 5.74) is 11.6. The minimum absolute atomic E-state index is 0.374. The second kappa shape index (κ2) is 6.90. The third-order valence-electron chi connectivity index (χ3n) is 4.44. The Morgan fingerprint density at radius 1 is 1.19 bits per heavy atom. The van der Waals surface area contributed by atoms with Crippen LogP contribution in [0.15, 0.2) is 42.2 Å². The van der Waals surface area contributed by atoms with E-state index in [1.165, 1.54) is 0 Å². The molecule has 3 aromatic heterocycles. The summed E-state index contributed by atoms with van der Waals surface area (Å²) in [6.45, 7) is 6.83. The number of ether oxygens (including phenoxy) is 1. The third kappa shape index (κ3) is 3.52. The second-order valence-corrected chi connectivity index (χ2v) is 8.47. The van der Waals surface area contributed by atoms with Gasteiger partial charge < -0.3 is 10.5 Å². The molecule has 0 bridgehead atoms. The lowest BCUT2D eigenvalue weighted by molar-refractivity contribution is 0.208. The molecular formula is C20H23N5OS. The summed E-state index contributed by atoms with van der Waals surface area (Å²) in [4.78, 5) is 8.88. The van der Waals surface area contributed by atoms with Gasteiger partial charge in [-0.15, -0.1) is 11.3 Å². The van der Waals surface area contributed by atoms with Crippen molar-refractivity contribution in [2.45, 2.75) is 32.7 Å². The van der Waals surface area contributed by atoms with E-state index in [-0.39, 0.29) is 5.54 Å². The highest BCUT2D eigenvalue weighted by Crippen LogP contribution is 2.36. The summed E-state index contributed by atoms with van der Waals surface area (Å²) in [5, 5.41) is 4.40. The van der Waals surface area contributed by atoms with Gasteiger partial charge in [0.15, 0.2) is 5.65 Å². The van der Waals surface area contributed by atoms with E-state index in [2.05, 4.69) is 35.0 Å². The van der Waals surface area contributed by atoms with Crippen LogP contribution in [0.25, 0.3) is 27.1 Å². The van der Waals surface area contributed by atoms with Crippen molar-refractivity contribution >= 4 is 27.2 Å². The third-order valence-corrected chi connectivity index (χ3v) is 5.30. The molecule has 0 aliphatic rings. The minimum Gasteiger partial charge on any atom is -0.489 e. The van der Waals surface area contributed by atoms with Gasteiger partial charge in [0.05, 0.1) is 22.1 Å². The first-order valence-electron chi connectivity index (χ1n) is 9.02. The predicted octanol–water partition coefficient (Wildman–Crippen LogP) is 4.15. The molecule has 0 aliphatic heterocycles. The number of fused-ring (bicyclic) bond motifs is 2. The van der Waals surface area contributed by atoms with E-state index in [4.69, 9.17) is 10.5 Å². The van der Waals surface area contributed by atoms with Crippen LogP contribution in [0.5, 0.6) is 5.75 Å². The highest BCUT2D eigenvalue weighted by Gasteiger charge is 2.22. The maximum Gasteiger partial charge on any atom is 0.155 e. The summed E-state index contributed by atoms with van der Waals surface area (Å²) < 4.78 is 9.00. The fourth-order valence-electron chi connectivity index (χ4n) is 3.52. The first-order chi connectivity index (χ1) is 12.9. The summed E-state index contributed by atoms with van der Waals surface area (Å²) in [6, 6.07) is 7.89. The van der Waals surface area contributed by atoms with E-state index in [0.717, 1.165) is 39.3 Å². The van der Waals surface area contributed by atoms with Crippen LogP contribution in [-0.4, -0.2) is 31.7 Å². The topological polar surface area (TPSA) is 78.3 Å². The van der Waals surface area contributed by atoms with Gasteiger partial charge in [-0.05, 0) is 37.5 Å². The molecule has 3 heterocycles. The fourth-order valence-corrected chi connectivity index (χ4v) is 4.35. The molecule has 140 valence electrons. The predicted molar refractivity (Wildman–Crippen MR) is 109 cm³/mol. The summed E-state index contributed by atoms with van der Waals surface area (Å²) in [7, 11) is 0. The van der Waals surface area contributed by atoms with Crippen LogP contribution >= 0.6 is 11.3 Å². The van der Waals surface area contributed by atoms with E-state index >= 15 is 0 Å². The Balaban J connectivity index is 1.70. The molecule has 27 heavy (non-hydrogen) atoms.